The van der Waals surface area contributed by atoms with Gasteiger partial charge in [-0.15, -0.1) is 0 Å². The lowest BCUT2D eigenvalue weighted by atomic mass is 10.1. The van der Waals surface area contributed by atoms with Gasteiger partial charge in [-0.3, -0.25) is 0 Å². The zero-order valence-corrected chi connectivity index (χ0v) is 10.5. The fourth-order valence-electron chi connectivity index (χ4n) is 1.62. The summed E-state index contributed by atoms with van der Waals surface area (Å²) in [6.07, 6.45) is 1.15. The Bertz CT molecular complexity index is 581. The predicted molar refractivity (Wildman–Crippen MR) is 63.8 cm³/mol. The van der Waals surface area contributed by atoms with Crippen LogP contribution in [0.1, 0.15) is 19.5 Å². The third-order valence-corrected chi connectivity index (χ3v) is 2.60. The van der Waals surface area contributed by atoms with Gasteiger partial charge in [-0.25, -0.2) is 18.2 Å². The van der Waals surface area contributed by atoms with Crippen LogP contribution in [0.4, 0.5) is 13.2 Å². The van der Waals surface area contributed by atoms with Gasteiger partial charge in [0.15, 0.2) is 29.6 Å². The van der Waals surface area contributed by atoms with E-state index in [1.165, 1.54) is 0 Å². The minimum atomic E-state index is -1.52. The van der Waals surface area contributed by atoms with Crippen LogP contribution < -0.4 is 5.32 Å². The fraction of sp³-hybridized carbons (Fsp3) is 0.308. The van der Waals surface area contributed by atoms with Crippen molar-refractivity contribution in [2.24, 2.45) is 0 Å². The summed E-state index contributed by atoms with van der Waals surface area (Å²) in [5.74, 6) is -3.92. The van der Waals surface area contributed by atoms with Crippen LogP contribution in [-0.2, 0) is 6.54 Å². The van der Waals surface area contributed by atoms with Crippen molar-refractivity contribution in [2.45, 2.75) is 26.4 Å². The van der Waals surface area contributed by atoms with E-state index >= 15 is 0 Å². The molecular weight excluding hydrogens is 257 g/mol. The highest BCUT2D eigenvalue weighted by Gasteiger charge is 2.20. The van der Waals surface area contributed by atoms with Gasteiger partial charge in [0.2, 0.25) is 0 Å². The molecule has 0 aliphatic rings. The number of hydrogen-bond donors (Lipinski definition) is 1. The Morgan fingerprint density at radius 3 is 2.63 bits per heavy atom. The molecule has 19 heavy (non-hydrogen) atoms. The summed E-state index contributed by atoms with van der Waals surface area (Å²) < 4.78 is 44.8. The van der Waals surface area contributed by atoms with E-state index in [9.17, 15) is 13.2 Å². The number of oxazole rings is 1. The summed E-state index contributed by atoms with van der Waals surface area (Å²) in [6, 6.07) is 2.20. The van der Waals surface area contributed by atoms with Crippen molar-refractivity contribution in [3.05, 3.63) is 41.7 Å². The van der Waals surface area contributed by atoms with Crippen molar-refractivity contribution in [1.82, 2.24) is 10.3 Å². The molecule has 0 saturated heterocycles. The Morgan fingerprint density at radius 2 is 1.95 bits per heavy atom. The molecule has 1 heterocycles. The summed E-state index contributed by atoms with van der Waals surface area (Å²) >= 11 is 0. The molecule has 1 aromatic heterocycles. The third kappa shape index (κ3) is 2.78. The molecule has 102 valence electrons. The van der Waals surface area contributed by atoms with Crippen LogP contribution in [-0.4, -0.2) is 11.0 Å². The lowest BCUT2D eigenvalue weighted by molar-refractivity contribution is 0.446. The standard InChI is InChI=1S/C13H13F3N2O/c1-7(2)17-5-10-13(19-6-18-10)8-3-4-9(14)12(16)11(8)15/h3-4,6-7,17H,5H2,1-2H3. The maximum Gasteiger partial charge on any atom is 0.195 e. The molecule has 1 aromatic carbocycles. The summed E-state index contributed by atoms with van der Waals surface area (Å²) in [5, 5.41) is 3.09. The number of nitrogens with zero attached hydrogens (tertiary/aromatic N) is 1. The minimum absolute atomic E-state index is 0.101. The van der Waals surface area contributed by atoms with Crippen LogP contribution in [0, 0.1) is 17.5 Å². The quantitative estimate of drug-likeness (QED) is 0.867. The van der Waals surface area contributed by atoms with Crippen LogP contribution in [0.15, 0.2) is 22.9 Å². The molecule has 1 N–H and O–H groups in total. The maximum absolute atomic E-state index is 13.7. The van der Waals surface area contributed by atoms with E-state index in [4.69, 9.17) is 4.42 Å². The van der Waals surface area contributed by atoms with E-state index in [1.807, 2.05) is 13.8 Å². The van der Waals surface area contributed by atoms with E-state index in [-0.39, 0.29) is 17.4 Å². The highest BCUT2D eigenvalue weighted by Crippen LogP contribution is 2.28. The molecule has 0 bridgehead atoms. The Labute approximate surface area is 108 Å². The van der Waals surface area contributed by atoms with Crippen LogP contribution >= 0.6 is 0 Å². The molecule has 0 spiro atoms. The molecule has 0 unspecified atom stereocenters. The zero-order chi connectivity index (χ0) is 14.0. The number of rotatable bonds is 4. The smallest absolute Gasteiger partial charge is 0.195 e. The van der Waals surface area contributed by atoms with Crippen molar-refractivity contribution in [1.29, 1.82) is 0 Å². The monoisotopic (exact) mass is 270 g/mol. The van der Waals surface area contributed by atoms with Crippen molar-refractivity contribution < 1.29 is 17.6 Å². The Kier molecular flexibility index (Phi) is 3.90. The average Bonchev–Trinajstić information content (AvgIpc) is 2.82. The molecule has 0 amide bonds. The minimum Gasteiger partial charge on any atom is -0.443 e. The van der Waals surface area contributed by atoms with E-state index in [1.54, 1.807) is 0 Å². The molecule has 0 saturated carbocycles. The van der Waals surface area contributed by atoms with Crippen LogP contribution in [0.5, 0.6) is 0 Å². The van der Waals surface area contributed by atoms with Crippen molar-refractivity contribution >= 4 is 0 Å². The number of hydrogen-bond acceptors (Lipinski definition) is 3. The lowest BCUT2D eigenvalue weighted by Crippen LogP contribution is -2.22. The van der Waals surface area contributed by atoms with Gasteiger partial charge in [0.25, 0.3) is 0 Å². The van der Waals surface area contributed by atoms with Gasteiger partial charge in [-0.2, -0.15) is 0 Å². The summed E-state index contributed by atoms with van der Waals surface area (Å²) in [4.78, 5) is 3.95. The first kappa shape index (κ1) is 13.6. The molecule has 2 aromatic rings. The van der Waals surface area contributed by atoms with Crippen LogP contribution in [0.25, 0.3) is 11.3 Å². The lowest BCUT2D eigenvalue weighted by Gasteiger charge is -2.07. The molecule has 2 rings (SSSR count). The van der Waals surface area contributed by atoms with Crippen molar-refractivity contribution in [3.8, 4) is 11.3 Å². The van der Waals surface area contributed by atoms with E-state index in [0.29, 0.717) is 12.2 Å². The van der Waals surface area contributed by atoms with E-state index < -0.39 is 17.5 Å². The van der Waals surface area contributed by atoms with Crippen molar-refractivity contribution in [3.63, 3.8) is 0 Å². The molecule has 6 heteroatoms. The third-order valence-electron chi connectivity index (χ3n) is 2.60. The van der Waals surface area contributed by atoms with Gasteiger partial charge < -0.3 is 9.73 Å². The highest BCUT2D eigenvalue weighted by atomic mass is 19.2. The summed E-state index contributed by atoms with van der Waals surface area (Å²) in [5.41, 5.74) is 0.301. The number of benzene rings is 1. The first-order valence-electron chi connectivity index (χ1n) is 5.80. The average molecular weight is 270 g/mol. The first-order valence-corrected chi connectivity index (χ1v) is 5.80. The number of nitrogens with one attached hydrogen (secondary N) is 1. The molecule has 0 atom stereocenters. The Balaban J connectivity index is 2.37. The van der Waals surface area contributed by atoms with Gasteiger partial charge in [-0.05, 0) is 12.1 Å². The fourth-order valence-corrected chi connectivity index (χ4v) is 1.62. The number of aromatic nitrogens is 1. The SMILES string of the molecule is CC(C)NCc1ncoc1-c1ccc(F)c(F)c1F. The van der Waals surface area contributed by atoms with Gasteiger partial charge >= 0.3 is 0 Å². The van der Waals surface area contributed by atoms with Crippen LogP contribution in [0.2, 0.25) is 0 Å². The second kappa shape index (κ2) is 5.44. The largest absolute Gasteiger partial charge is 0.443 e. The van der Waals surface area contributed by atoms with E-state index in [2.05, 4.69) is 10.3 Å². The van der Waals surface area contributed by atoms with Crippen molar-refractivity contribution in [2.75, 3.05) is 0 Å². The second-order valence-corrected chi connectivity index (χ2v) is 4.39. The molecule has 0 aliphatic heterocycles. The maximum atomic E-state index is 13.7. The highest BCUT2D eigenvalue weighted by molar-refractivity contribution is 5.60. The topological polar surface area (TPSA) is 38.1 Å². The first-order chi connectivity index (χ1) is 9.00. The molecule has 0 aliphatic carbocycles. The Morgan fingerprint density at radius 1 is 1.21 bits per heavy atom. The zero-order valence-electron chi connectivity index (χ0n) is 10.5. The molecule has 0 fully saturated rings. The summed E-state index contributed by atoms with van der Waals surface area (Å²) in [6.45, 7) is 4.23. The predicted octanol–water partition coefficient (Wildman–Crippen LogP) is 3.26. The summed E-state index contributed by atoms with van der Waals surface area (Å²) in [7, 11) is 0. The second-order valence-electron chi connectivity index (χ2n) is 4.39. The molecular formula is C13H13F3N2O. The normalized spacial score (nSPS) is 11.3. The molecule has 0 radical (unpaired) electrons. The van der Waals surface area contributed by atoms with Gasteiger partial charge in [0, 0.05) is 12.6 Å². The van der Waals surface area contributed by atoms with Gasteiger partial charge in [0.1, 0.15) is 5.69 Å². The van der Waals surface area contributed by atoms with Gasteiger partial charge in [0.05, 0.1) is 5.56 Å². The van der Waals surface area contributed by atoms with Gasteiger partial charge in [-0.1, -0.05) is 13.8 Å². The van der Waals surface area contributed by atoms with E-state index in [0.717, 1.165) is 18.5 Å². The number of halogens is 3. The molecule has 3 nitrogen and oxygen atoms in total. The Hall–Kier alpha value is -1.82. The van der Waals surface area contributed by atoms with Crippen LogP contribution in [0.3, 0.4) is 0 Å².